The van der Waals surface area contributed by atoms with Gasteiger partial charge in [-0.3, -0.25) is 4.68 Å². The molecule has 0 atom stereocenters. The van der Waals surface area contributed by atoms with E-state index in [1.807, 2.05) is 16.8 Å². The molecule has 2 aromatic heterocycles. The second kappa shape index (κ2) is 9.83. The molecule has 37 heavy (non-hydrogen) atoms. The second-order valence-corrected chi connectivity index (χ2v) is 10.8. The first-order valence-electron chi connectivity index (χ1n) is 10.7. The molecule has 14 heteroatoms. The van der Waals surface area contributed by atoms with Gasteiger partial charge in [-0.1, -0.05) is 11.6 Å². The SMILES string of the molecule is N#Cc1cc(S(=O)(=O)N(C(=O)O)c2cscn2)ccc1Oc1ccc(Cl)cc1-c1ccnn1C1CNC1. The minimum absolute atomic E-state index is 0.0805. The molecule has 3 heterocycles. The minimum Gasteiger partial charge on any atom is -0.464 e. The number of thiazole rings is 1. The average molecular weight is 557 g/mol. The molecular weight excluding hydrogens is 540 g/mol. The summed E-state index contributed by atoms with van der Waals surface area (Å²) in [4.78, 5) is 15.1. The van der Waals surface area contributed by atoms with Gasteiger partial charge in [-0.25, -0.2) is 18.2 Å². The van der Waals surface area contributed by atoms with Crippen molar-refractivity contribution in [1.29, 1.82) is 5.26 Å². The standard InChI is InChI=1S/C23H17ClN6O5S2/c24-15-1-3-21(18(8-15)19-5-6-28-29(19)16-10-26-11-16)35-20-4-2-17(7-14(20)9-25)37(33,34)30(23(31)32)22-12-36-13-27-22/h1-8,12-13,16,26H,10-11H2,(H,31,32). The molecule has 4 aromatic rings. The van der Waals surface area contributed by atoms with E-state index >= 15 is 0 Å². The van der Waals surface area contributed by atoms with Crippen LogP contribution in [0, 0.1) is 11.3 Å². The van der Waals surface area contributed by atoms with Gasteiger partial charge in [0.2, 0.25) is 0 Å². The number of ether oxygens (including phenoxy) is 1. The van der Waals surface area contributed by atoms with Gasteiger partial charge in [0.1, 0.15) is 17.6 Å². The van der Waals surface area contributed by atoms with Gasteiger partial charge in [0, 0.05) is 35.3 Å². The highest BCUT2D eigenvalue weighted by Crippen LogP contribution is 2.38. The van der Waals surface area contributed by atoms with Crippen LogP contribution >= 0.6 is 22.9 Å². The molecular formula is C23H17ClN6O5S2. The first-order valence-corrected chi connectivity index (χ1v) is 13.5. The van der Waals surface area contributed by atoms with Crippen molar-refractivity contribution in [2.24, 2.45) is 0 Å². The van der Waals surface area contributed by atoms with Gasteiger partial charge in [0.15, 0.2) is 5.82 Å². The van der Waals surface area contributed by atoms with Gasteiger partial charge in [0.25, 0.3) is 10.0 Å². The summed E-state index contributed by atoms with van der Waals surface area (Å²) < 4.78 is 34.3. The van der Waals surface area contributed by atoms with Crippen molar-refractivity contribution >= 4 is 44.9 Å². The van der Waals surface area contributed by atoms with Crippen LogP contribution in [0.15, 0.2) is 64.4 Å². The molecule has 0 aliphatic carbocycles. The molecule has 0 radical (unpaired) electrons. The lowest BCUT2D eigenvalue weighted by atomic mass is 10.1. The lowest BCUT2D eigenvalue weighted by Crippen LogP contribution is -2.44. The zero-order valence-corrected chi connectivity index (χ0v) is 21.2. The normalized spacial score (nSPS) is 13.5. The van der Waals surface area contributed by atoms with Crippen molar-refractivity contribution < 1.29 is 23.1 Å². The highest BCUT2D eigenvalue weighted by Gasteiger charge is 2.33. The number of nitriles is 1. The fourth-order valence-corrected chi connectivity index (χ4v) is 5.78. The van der Waals surface area contributed by atoms with Crippen LogP contribution in [0.3, 0.4) is 0 Å². The van der Waals surface area contributed by atoms with E-state index in [9.17, 15) is 23.6 Å². The minimum atomic E-state index is -4.57. The number of carboxylic acid groups (broad SMARTS) is 1. The van der Waals surface area contributed by atoms with Crippen LogP contribution < -0.4 is 14.4 Å². The number of sulfonamides is 1. The van der Waals surface area contributed by atoms with E-state index in [-0.39, 0.29) is 27.5 Å². The van der Waals surface area contributed by atoms with Crippen LogP contribution in [0.1, 0.15) is 11.6 Å². The number of hydrogen-bond acceptors (Lipinski definition) is 9. The third-order valence-electron chi connectivity index (χ3n) is 5.62. The van der Waals surface area contributed by atoms with Crippen LogP contribution in [0.25, 0.3) is 11.3 Å². The fraction of sp³-hybridized carbons (Fsp3) is 0.130. The molecule has 1 fully saturated rings. The maximum atomic E-state index is 13.1. The summed E-state index contributed by atoms with van der Waals surface area (Å²) in [6, 6.07) is 12.5. The Labute approximate surface area is 220 Å². The first kappa shape index (κ1) is 24.7. The molecule has 1 aliphatic heterocycles. The third kappa shape index (κ3) is 4.63. The number of benzene rings is 2. The van der Waals surface area contributed by atoms with E-state index in [2.05, 4.69) is 15.4 Å². The Bertz CT molecular complexity index is 1630. The molecule has 1 saturated heterocycles. The Hall–Kier alpha value is -3.96. The smallest absolute Gasteiger partial charge is 0.427 e. The molecule has 188 valence electrons. The number of rotatable bonds is 7. The number of anilines is 1. The predicted molar refractivity (Wildman–Crippen MR) is 136 cm³/mol. The molecule has 2 N–H and O–H groups in total. The number of carbonyl (C=O) groups is 1. The highest BCUT2D eigenvalue weighted by atomic mass is 35.5. The number of nitrogens with zero attached hydrogens (tertiary/aromatic N) is 5. The zero-order valence-electron chi connectivity index (χ0n) is 18.8. The second-order valence-electron chi connectivity index (χ2n) is 7.88. The Morgan fingerprint density at radius 1 is 1.24 bits per heavy atom. The van der Waals surface area contributed by atoms with Crippen molar-refractivity contribution in [2.75, 3.05) is 17.4 Å². The molecule has 0 unspecified atom stereocenters. The molecule has 1 aliphatic rings. The van der Waals surface area contributed by atoms with Gasteiger partial charge in [-0.05, 0) is 42.5 Å². The molecule has 2 aromatic carbocycles. The van der Waals surface area contributed by atoms with E-state index in [0.717, 1.165) is 36.2 Å². The summed E-state index contributed by atoms with van der Waals surface area (Å²) in [5.41, 5.74) is 2.61. The van der Waals surface area contributed by atoms with Crippen molar-refractivity contribution in [2.45, 2.75) is 10.9 Å². The largest absolute Gasteiger partial charge is 0.464 e. The molecule has 0 saturated carbocycles. The van der Waals surface area contributed by atoms with E-state index in [0.29, 0.717) is 16.3 Å². The maximum absolute atomic E-state index is 13.1. The quantitative estimate of drug-likeness (QED) is 0.338. The number of amides is 1. The van der Waals surface area contributed by atoms with E-state index < -0.39 is 21.0 Å². The van der Waals surface area contributed by atoms with Crippen LogP contribution in [0.2, 0.25) is 5.02 Å². The number of hydrogen-bond donors (Lipinski definition) is 2. The zero-order chi connectivity index (χ0) is 26.2. The topological polar surface area (TPSA) is 150 Å². The number of nitrogens with one attached hydrogen (secondary N) is 1. The number of halogens is 1. The highest BCUT2D eigenvalue weighted by molar-refractivity contribution is 7.93. The lowest BCUT2D eigenvalue weighted by Gasteiger charge is -2.29. The van der Waals surface area contributed by atoms with Crippen molar-refractivity contribution in [3.8, 4) is 28.8 Å². The Morgan fingerprint density at radius 3 is 2.68 bits per heavy atom. The Kier molecular flexibility index (Phi) is 6.57. The van der Waals surface area contributed by atoms with E-state index in [1.54, 1.807) is 24.4 Å². The summed E-state index contributed by atoms with van der Waals surface area (Å²) in [5, 5.41) is 28.7. The summed E-state index contributed by atoms with van der Waals surface area (Å²) >= 11 is 7.31. The number of aromatic nitrogens is 3. The summed E-state index contributed by atoms with van der Waals surface area (Å²) in [6.45, 7) is 1.54. The van der Waals surface area contributed by atoms with Crippen LogP contribution in [-0.4, -0.2) is 47.5 Å². The molecule has 5 rings (SSSR count). The van der Waals surface area contributed by atoms with Gasteiger partial charge < -0.3 is 15.2 Å². The van der Waals surface area contributed by atoms with Gasteiger partial charge >= 0.3 is 6.09 Å². The van der Waals surface area contributed by atoms with Crippen molar-refractivity contribution in [3.63, 3.8) is 0 Å². The molecule has 11 nitrogen and oxygen atoms in total. The third-order valence-corrected chi connectivity index (χ3v) is 8.11. The van der Waals surface area contributed by atoms with Crippen LogP contribution in [0.5, 0.6) is 11.5 Å². The maximum Gasteiger partial charge on any atom is 0.427 e. The van der Waals surface area contributed by atoms with E-state index in [4.69, 9.17) is 16.3 Å². The predicted octanol–water partition coefficient (Wildman–Crippen LogP) is 4.34. The van der Waals surface area contributed by atoms with E-state index in [1.165, 1.54) is 23.0 Å². The van der Waals surface area contributed by atoms with Crippen molar-refractivity contribution in [1.82, 2.24) is 20.1 Å². The Balaban J connectivity index is 1.52. The van der Waals surface area contributed by atoms with Crippen molar-refractivity contribution in [3.05, 3.63) is 70.1 Å². The van der Waals surface area contributed by atoms with Gasteiger partial charge in [0.05, 0.1) is 27.7 Å². The molecule has 1 amide bonds. The summed E-state index contributed by atoms with van der Waals surface area (Å²) in [7, 11) is -4.57. The lowest BCUT2D eigenvalue weighted by molar-refractivity contribution is 0.206. The van der Waals surface area contributed by atoms with Gasteiger partial charge in [-0.15, -0.1) is 15.6 Å². The van der Waals surface area contributed by atoms with Crippen LogP contribution in [0.4, 0.5) is 10.6 Å². The Morgan fingerprint density at radius 2 is 2.03 bits per heavy atom. The average Bonchev–Trinajstić information content (AvgIpc) is 3.52. The van der Waals surface area contributed by atoms with Gasteiger partial charge in [-0.2, -0.15) is 10.4 Å². The van der Waals surface area contributed by atoms with Crippen LogP contribution in [-0.2, 0) is 10.0 Å². The first-order chi connectivity index (χ1) is 17.8. The monoisotopic (exact) mass is 556 g/mol. The summed E-state index contributed by atoms with van der Waals surface area (Å²) in [6.07, 6.45) is -0.0521. The fourth-order valence-electron chi connectivity index (χ4n) is 3.76. The molecule has 0 spiro atoms. The summed E-state index contributed by atoms with van der Waals surface area (Å²) in [5.74, 6) is 0.192. The molecule has 0 bridgehead atoms.